The average molecular weight is 245 g/mol. The van der Waals surface area contributed by atoms with Gasteiger partial charge in [0, 0.05) is 5.39 Å². The van der Waals surface area contributed by atoms with Crippen molar-refractivity contribution in [3.8, 4) is 0 Å². The van der Waals surface area contributed by atoms with E-state index in [1.165, 1.54) is 0 Å². The molecule has 1 saturated heterocycles. The molecule has 2 heterocycles. The molecular weight excluding hydrogens is 238 g/mol. The number of aromatic amines is 1. The van der Waals surface area contributed by atoms with Gasteiger partial charge < -0.3 is 0 Å². The van der Waals surface area contributed by atoms with Gasteiger partial charge in [-0.3, -0.25) is 20.0 Å². The molecule has 0 atom stereocenters. The summed E-state index contributed by atoms with van der Waals surface area (Å²) in [5.74, 6) is -0.368. The molecule has 1 aromatic carbocycles. The van der Waals surface area contributed by atoms with Gasteiger partial charge in [0.15, 0.2) is 0 Å². The monoisotopic (exact) mass is 245 g/mol. The van der Waals surface area contributed by atoms with Crippen molar-refractivity contribution in [2.24, 2.45) is 0 Å². The number of hydrogen-bond acceptors (Lipinski definition) is 4. The molecular formula is C11H7N3O2S. The number of imide groups is 1. The maximum atomic E-state index is 11.4. The number of aromatic nitrogens is 2. The summed E-state index contributed by atoms with van der Waals surface area (Å²) < 4.78 is 0. The third-order valence-corrected chi connectivity index (χ3v) is 3.22. The fraction of sp³-hybridized carbons (Fsp3) is 0. The molecule has 2 N–H and O–H groups in total. The topological polar surface area (TPSA) is 74.8 Å². The van der Waals surface area contributed by atoms with Crippen LogP contribution in [0.15, 0.2) is 29.2 Å². The number of H-pyrrole nitrogens is 1. The molecule has 84 valence electrons. The van der Waals surface area contributed by atoms with Crippen LogP contribution >= 0.6 is 11.8 Å². The summed E-state index contributed by atoms with van der Waals surface area (Å²) in [6.07, 6.45) is 1.61. The van der Waals surface area contributed by atoms with Crippen molar-refractivity contribution >= 4 is 39.9 Å². The summed E-state index contributed by atoms with van der Waals surface area (Å²) in [5.41, 5.74) is 1.56. The Hall–Kier alpha value is -2.08. The number of thioether (sulfide) groups is 1. The van der Waals surface area contributed by atoms with Crippen molar-refractivity contribution in [3.63, 3.8) is 0 Å². The van der Waals surface area contributed by atoms with Crippen molar-refractivity contribution in [1.29, 1.82) is 0 Å². The molecule has 5 nitrogen and oxygen atoms in total. The van der Waals surface area contributed by atoms with Crippen LogP contribution in [0.1, 0.15) is 5.69 Å². The number of fused-ring (bicyclic) bond motifs is 1. The minimum atomic E-state index is -0.368. The minimum absolute atomic E-state index is 0.346. The second kappa shape index (κ2) is 3.74. The van der Waals surface area contributed by atoms with E-state index in [0.717, 1.165) is 22.7 Å². The molecule has 0 saturated carbocycles. The quantitative estimate of drug-likeness (QED) is 0.752. The van der Waals surface area contributed by atoms with Gasteiger partial charge in [0.2, 0.25) is 0 Å². The first-order chi connectivity index (χ1) is 8.24. The van der Waals surface area contributed by atoms with E-state index in [1.807, 2.05) is 24.3 Å². The molecule has 3 rings (SSSR count). The lowest BCUT2D eigenvalue weighted by molar-refractivity contribution is -0.115. The SMILES string of the molecule is O=C1NC(=O)/C(=C/c2n[nH]c3ccccc23)S1. The maximum absolute atomic E-state index is 11.4. The molecule has 1 fully saturated rings. The lowest BCUT2D eigenvalue weighted by Gasteiger charge is -1.90. The van der Waals surface area contributed by atoms with Crippen molar-refractivity contribution < 1.29 is 9.59 Å². The van der Waals surface area contributed by atoms with Gasteiger partial charge in [0.1, 0.15) is 0 Å². The average Bonchev–Trinajstić information content (AvgIpc) is 2.85. The van der Waals surface area contributed by atoms with Gasteiger partial charge in [-0.2, -0.15) is 5.10 Å². The summed E-state index contributed by atoms with van der Waals surface area (Å²) in [6.45, 7) is 0. The molecule has 2 amide bonds. The van der Waals surface area contributed by atoms with E-state index < -0.39 is 0 Å². The first-order valence-corrected chi connectivity index (χ1v) is 5.73. The predicted molar refractivity (Wildman–Crippen MR) is 65.2 cm³/mol. The standard InChI is InChI=1S/C11H7N3O2S/c15-10-9(17-11(16)12-10)5-8-6-3-1-2-4-7(6)13-14-8/h1-5H,(H,13,14)(H,12,15,16)/b9-5-. The van der Waals surface area contributed by atoms with Gasteiger partial charge in [-0.15, -0.1) is 0 Å². The van der Waals surface area contributed by atoms with Crippen LogP contribution in [0.4, 0.5) is 4.79 Å². The molecule has 0 aliphatic carbocycles. The number of rotatable bonds is 1. The molecule has 1 aromatic heterocycles. The Kier molecular flexibility index (Phi) is 2.22. The van der Waals surface area contributed by atoms with E-state index in [9.17, 15) is 9.59 Å². The van der Waals surface area contributed by atoms with Crippen molar-refractivity contribution in [1.82, 2.24) is 15.5 Å². The molecule has 17 heavy (non-hydrogen) atoms. The van der Waals surface area contributed by atoms with E-state index in [1.54, 1.807) is 6.08 Å². The Bertz CT molecular complexity index is 660. The third-order valence-electron chi connectivity index (χ3n) is 2.41. The number of nitrogens with one attached hydrogen (secondary N) is 2. The maximum Gasteiger partial charge on any atom is 0.290 e. The van der Waals surface area contributed by atoms with Gasteiger partial charge in [-0.1, -0.05) is 18.2 Å². The number of carbonyl (C=O) groups excluding carboxylic acids is 2. The van der Waals surface area contributed by atoms with Gasteiger partial charge >= 0.3 is 0 Å². The van der Waals surface area contributed by atoms with Crippen LogP contribution < -0.4 is 5.32 Å². The molecule has 0 radical (unpaired) electrons. The largest absolute Gasteiger partial charge is 0.290 e. The van der Waals surface area contributed by atoms with Gasteiger partial charge in [0.25, 0.3) is 11.1 Å². The highest BCUT2D eigenvalue weighted by Gasteiger charge is 2.25. The predicted octanol–water partition coefficient (Wildman–Crippen LogP) is 1.89. The Morgan fingerprint density at radius 3 is 2.82 bits per heavy atom. The first-order valence-electron chi connectivity index (χ1n) is 4.92. The van der Waals surface area contributed by atoms with Gasteiger partial charge in [-0.05, 0) is 23.9 Å². The highest BCUT2D eigenvalue weighted by atomic mass is 32.2. The Morgan fingerprint density at radius 1 is 1.24 bits per heavy atom. The highest BCUT2D eigenvalue weighted by Crippen LogP contribution is 2.27. The molecule has 0 unspecified atom stereocenters. The number of amides is 2. The number of carbonyl (C=O) groups is 2. The molecule has 1 aliphatic heterocycles. The van der Waals surface area contributed by atoms with Crippen molar-refractivity contribution in [2.45, 2.75) is 0 Å². The van der Waals surface area contributed by atoms with E-state index >= 15 is 0 Å². The highest BCUT2D eigenvalue weighted by molar-refractivity contribution is 8.18. The summed E-state index contributed by atoms with van der Waals surface area (Å²) in [7, 11) is 0. The zero-order valence-electron chi connectivity index (χ0n) is 8.56. The van der Waals surface area contributed by atoms with Crippen molar-refractivity contribution in [2.75, 3.05) is 0 Å². The van der Waals surface area contributed by atoms with E-state index in [2.05, 4.69) is 15.5 Å². The zero-order chi connectivity index (χ0) is 11.8. The summed E-state index contributed by atoms with van der Waals surface area (Å²) in [6, 6.07) is 7.60. The smallest absolute Gasteiger partial charge is 0.282 e. The molecule has 6 heteroatoms. The minimum Gasteiger partial charge on any atom is -0.282 e. The lowest BCUT2D eigenvalue weighted by Crippen LogP contribution is -2.17. The van der Waals surface area contributed by atoms with Gasteiger partial charge in [0.05, 0.1) is 16.1 Å². The Balaban J connectivity index is 2.08. The summed E-state index contributed by atoms with van der Waals surface area (Å²) >= 11 is 0.888. The van der Waals surface area contributed by atoms with Crippen LogP contribution in [0.2, 0.25) is 0 Å². The number of nitrogens with zero attached hydrogens (tertiary/aromatic N) is 1. The summed E-state index contributed by atoms with van der Waals surface area (Å²) in [5, 5.41) is 9.76. The number of benzene rings is 1. The summed E-state index contributed by atoms with van der Waals surface area (Å²) in [4.78, 5) is 22.8. The third kappa shape index (κ3) is 1.72. The Labute approximate surface area is 100 Å². The molecule has 0 spiro atoms. The van der Waals surface area contributed by atoms with Crippen LogP contribution in [-0.2, 0) is 4.79 Å². The zero-order valence-corrected chi connectivity index (χ0v) is 9.38. The van der Waals surface area contributed by atoms with Crippen LogP contribution in [0, 0.1) is 0 Å². The Morgan fingerprint density at radius 2 is 2.06 bits per heavy atom. The normalized spacial score (nSPS) is 18.0. The molecule has 0 bridgehead atoms. The van der Waals surface area contributed by atoms with Crippen LogP contribution in [0.3, 0.4) is 0 Å². The van der Waals surface area contributed by atoms with Crippen LogP contribution in [0.5, 0.6) is 0 Å². The van der Waals surface area contributed by atoms with E-state index in [4.69, 9.17) is 0 Å². The fourth-order valence-corrected chi connectivity index (χ4v) is 2.30. The first kappa shape index (κ1) is 10.1. The van der Waals surface area contributed by atoms with Crippen molar-refractivity contribution in [3.05, 3.63) is 34.9 Å². The van der Waals surface area contributed by atoms with E-state index in [-0.39, 0.29) is 11.1 Å². The number of para-hydroxylation sites is 1. The van der Waals surface area contributed by atoms with Crippen LogP contribution in [-0.4, -0.2) is 21.3 Å². The van der Waals surface area contributed by atoms with E-state index in [0.29, 0.717) is 10.6 Å². The molecule has 2 aromatic rings. The number of hydrogen-bond donors (Lipinski definition) is 2. The second-order valence-corrected chi connectivity index (χ2v) is 4.52. The fourth-order valence-electron chi connectivity index (χ4n) is 1.64. The second-order valence-electron chi connectivity index (χ2n) is 3.51. The van der Waals surface area contributed by atoms with Gasteiger partial charge in [-0.25, -0.2) is 0 Å². The lowest BCUT2D eigenvalue weighted by atomic mass is 10.2. The molecule has 1 aliphatic rings. The van der Waals surface area contributed by atoms with Crippen LogP contribution in [0.25, 0.3) is 17.0 Å².